The van der Waals surface area contributed by atoms with E-state index in [2.05, 4.69) is 10.6 Å². The molecular weight excluding hydrogens is 314 g/mol. The van der Waals surface area contributed by atoms with Crippen molar-refractivity contribution in [1.29, 1.82) is 0 Å². The predicted molar refractivity (Wildman–Crippen MR) is 88.8 cm³/mol. The first-order valence-electron chi connectivity index (χ1n) is 7.35. The smallest absolute Gasteiger partial charge is 0.255 e. The van der Waals surface area contributed by atoms with E-state index in [-0.39, 0.29) is 11.5 Å². The van der Waals surface area contributed by atoms with Crippen molar-refractivity contribution in [1.82, 2.24) is 0 Å². The summed E-state index contributed by atoms with van der Waals surface area (Å²) in [6, 6.07) is 9.45. The van der Waals surface area contributed by atoms with Crippen LogP contribution < -0.4 is 10.6 Å². The van der Waals surface area contributed by atoms with Crippen molar-refractivity contribution in [2.75, 3.05) is 10.6 Å². The number of halogens is 2. The molecule has 0 saturated carbocycles. The average Bonchev–Trinajstić information content (AvgIpc) is 2.50. The first-order valence-corrected chi connectivity index (χ1v) is 7.35. The van der Waals surface area contributed by atoms with Crippen LogP contribution in [0, 0.1) is 17.0 Å². The minimum Gasteiger partial charge on any atom is -0.326 e. The topological polar surface area (TPSA) is 58.2 Å². The van der Waals surface area contributed by atoms with E-state index in [9.17, 15) is 18.4 Å². The molecule has 2 rings (SSSR count). The number of para-hydroxylation sites is 1. The van der Waals surface area contributed by atoms with Crippen molar-refractivity contribution in [2.24, 2.45) is 5.41 Å². The van der Waals surface area contributed by atoms with E-state index in [1.807, 2.05) is 0 Å². The molecule has 0 aliphatic rings. The van der Waals surface area contributed by atoms with E-state index < -0.39 is 28.6 Å². The third-order valence-electron chi connectivity index (χ3n) is 3.27. The lowest BCUT2D eigenvalue weighted by atomic mass is 9.95. The molecule has 2 amide bonds. The normalized spacial score (nSPS) is 11.0. The predicted octanol–water partition coefficient (Wildman–Crippen LogP) is 4.20. The van der Waals surface area contributed by atoms with E-state index in [0.29, 0.717) is 5.69 Å². The van der Waals surface area contributed by atoms with E-state index in [1.54, 1.807) is 32.9 Å². The average molecular weight is 332 g/mol. The maximum Gasteiger partial charge on any atom is 0.255 e. The number of nitrogens with one attached hydrogen (secondary N) is 2. The monoisotopic (exact) mass is 332 g/mol. The molecule has 2 aromatic rings. The third-order valence-corrected chi connectivity index (χ3v) is 3.27. The van der Waals surface area contributed by atoms with Crippen LogP contribution in [0.1, 0.15) is 31.1 Å². The van der Waals surface area contributed by atoms with Crippen molar-refractivity contribution in [3.63, 3.8) is 0 Å². The number of rotatable bonds is 3. The van der Waals surface area contributed by atoms with Gasteiger partial charge in [-0.15, -0.1) is 0 Å². The number of benzene rings is 2. The summed E-state index contributed by atoms with van der Waals surface area (Å²) in [5.74, 6) is -2.60. The molecule has 0 saturated heterocycles. The zero-order valence-electron chi connectivity index (χ0n) is 13.6. The van der Waals surface area contributed by atoms with Gasteiger partial charge in [0.15, 0.2) is 0 Å². The number of amides is 2. The minimum atomic E-state index is -0.861. The summed E-state index contributed by atoms with van der Waals surface area (Å²) in [5.41, 5.74) is -0.498. The Bertz CT molecular complexity index is 763. The van der Waals surface area contributed by atoms with Gasteiger partial charge in [0, 0.05) is 16.7 Å². The Balaban J connectivity index is 2.19. The molecule has 0 atom stereocenters. The van der Waals surface area contributed by atoms with Crippen LogP contribution in [0.4, 0.5) is 20.2 Å². The van der Waals surface area contributed by atoms with Gasteiger partial charge >= 0.3 is 0 Å². The standard InChI is InChI=1S/C18H18F2N2O2/c1-18(2,3)17(24)21-12-7-4-6-11(10-12)16(23)22-15-13(19)8-5-9-14(15)20/h4-10H,1-3H3,(H,21,24)(H,22,23). The summed E-state index contributed by atoms with van der Waals surface area (Å²) < 4.78 is 27.2. The Kier molecular flexibility index (Phi) is 4.97. The van der Waals surface area contributed by atoms with Crippen molar-refractivity contribution >= 4 is 23.2 Å². The van der Waals surface area contributed by atoms with Gasteiger partial charge in [0.2, 0.25) is 5.91 Å². The van der Waals surface area contributed by atoms with Crippen LogP contribution in [0.5, 0.6) is 0 Å². The first kappa shape index (κ1) is 17.6. The lowest BCUT2D eigenvalue weighted by Gasteiger charge is -2.18. The highest BCUT2D eigenvalue weighted by atomic mass is 19.1. The van der Waals surface area contributed by atoms with Crippen LogP contribution in [0.25, 0.3) is 0 Å². The number of hydrogen-bond acceptors (Lipinski definition) is 2. The molecule has 2 aromatic carbocycles. The molecule has 0 aliphatic heterocycles. The van der Waals surface area contributed by atoms with Crippen LogP contribution in [-0.2, 0) is 4.79 Å². The molecule has 24 heavy (non-hydrogen) atoms. The second-order valence-electron chi connectivity index (χ2n) is 6.34. The third kappa shape index (κ3) is 4.16. The SMILES string of the molecule is CC(C)(C)C(=O)Nc1cccc(C(=O)Nc2c(F)cccc2F)c1. The fourth-order valence-electron chi connectivity index (χ4n) is 1.86. The summed E-state index contributed by atoms with van der Waals surface area (Å²) in [6.07, 6.45) is 0. The van der Waals surface area contributed by atoms with Gasteiger partial charge in [-0.25, -0.2) is 8.78 Å². The Morgan fingerprint density at radius 1 is 0.917 bits per heavy atom. The highest BCUT2D eigenvalue weighted by molar-refractivity contribution is 6.05. The maximum atomic E-state index is 13.6. The Morgan fingerprint density at radius 3 is 2.08 bits per heavy atom. The van der Waals surface area contributed by atoms with Crippen LogP contribution in [0.3, 0.4) is 0 Å². The maximum absolute atomic E-state index is 13.6. The molecule has 0 aliphatic carbocycles. The van der Waals surface area contributed by atoms with Gasteiger partial charge in [0.1, 0.15) is 17.3 Å². The van der Waals surface area contributed by atoms with Crippen molar-refractivity contribution in [3.05, 3.63) is 59.7 Å². The Morgan fingerprint density at radius 2 is 1.50 bits per heavy atom. The zero-order chi connectivity index (χ0) is 17.9. The zero-order valence-corrected chi connectivity index (χ0v) is 13.6. The molecule has 4 nitrogen and oxygen atoms in total. The molecule has 0 aromatic heterocycles. The molecule has 0 fully saturated rings. The minimum absolute atomic E-state index is 0.171. The molecule has 0 unspecified atom stereocenters. The molecule has 0 bridgehead atoms. The van der Waals surface area contributed by atoms with Gasteiger partial charge in [0.25, 0.3) is 5.91 Å². The van der Waals surface area contributed by atoms with Gasteiger partial charge in [-0.2, -0.15) is 0 Å². The van der Waals surface area contributed by atoms with Gasteiger partial charge < -0.3 is 10.6 Å². The van der Waals surface area contributed by atoms with E-state index in [4.69, 9.17) is 0 Å². The van der Waals surface area contributed by atoms with Crippen LogP contribution in [0.15, 0.2) is 42.5 Å². The van der Waals surface area contributed by atoms with Gasteiger partial charge in [-0.1, -0.05) is 32.9 Å². The molecule has 0 heterocycles. The molecule has 2 N–H and O–H groups in total. The lowest BCUT2D eigenvalue weighted by molar-refractivity contribution is -0.123. The largest absolute Gasteiger partial charge is 0.326 e. The Labute approximate surface area is 138 Å². The summed E-state index contributed by atoms with van der Waals surface area (Å²) >= 11 is 0. The van der Waals surface area contributed by atoms with E-state index in [0.717, 1.165) is 12.1 Å². The molecule has 0 radical (unpaired) electrons. The Hall–Kier alpha value is -2.76. The molecule has 0 spiro atoms. The van der Waals surface area contributed by atoms with Crippen LogP contribution in [0.2, 0.25) is 0 Å². The fourth-order valence-corrected chi connectivity index (χ4v) is 1.86. The van der Waals surface area contributed by atoms with Gasteiger partial charge in [0.05, 0.1) is 0 Å². The highest BCUT2D eigenvalue weighted by Gasteiger charge is 2.21. The number of carbonyl (C=O) groups is 2. The molecule has 6 heteroatoms. The van der Waals surface area contributed by atoms with E-state index in [1.165, 1.54) is 18.2 Å². The quantitative estimate of drug-likeness (QED) is 0.885. The fraction of sp³-hybridized carbons (Fsp3) is 0.222. The van der Waals surface area contributed by atoms with E-state index >= 15 is 0 Å². The number of carbonyl (C=O) groups excluding carboxylic acids is 2. The first-order chi connectivity index (χ1) is 11.2. The summed E-state index contributed by atoms with van der Waals surface area (Å²) in [4.78, 5) is 24.2. The second-order valence-corrected chi connectivity index (χ2v) is 6.34. The summed E-state index contributed by atoms with van der Waals surface area (Å²) in [6.45, 7) is 5.29. The van der Waals surface area contributed by atoms with Crippen molar-refractivity contribution in [3.8, 4) is 0 Å². The van der Waals surface area contributed by atoms with Crippen molar-refractivity contribution < 1.29 is 18.4 Å². The number of hydrogen-bond donors (Lipinski definition) is 2. The van der Waals surface area contributed by atoms with Crippen LogP contribution in [-0.4, -0.2) is 11.8 Å². The summed E-state index contributed by atoms with van der Waals surface area (Å²) in [5, 5.41) is 4.90. The van der Waals surface area contributed by atoms with Crippen LogP contribution >= 0.6 is 0 Å². The second kappa shape index (κ2) is 6.78. The van der Waals surface area contributed by atoms with Crippen molar-refractivity contribution in [2.45, 2.75) is 20.8 Å². The molecule has 126 valence electrons. The lowest BCUT2D eigenvalue weighted by Crippen LogP contribution is -2.27. The highest BCUT2D eigenvalue weighted by Crippen LogP contribution is 2.21. The molecular formula is C18H18F2N2O2. The summed E-state index contributed by atoms with van der Waals surface area (Å²) in [7, 11) is 0. The van der Waals surface area contributed by atoms with Gasteiger partial charge in [-0.05, 0) is 30.3 Å². The number of anilines is 2. The van der Waals surface area contributed by atoms with Gasteiger partial charge in [-0.3, -0.25) is 9.59 Å².